The number of amides is 1. The van der Waals surface area contributed by atoms with Gasteiger partial charge in [0.1, 0.15) is 0 Å². The summed E-state index contributed by atoms with van der Waals surface area (Å²) < 4.78 is 4.92. The van der Waals surface area contributed by atoms with E-state index in [-0.39, 0.29) is 12.5 Å². The molecule has 1 aliphatic rings. The van der Waals surface area contributed by atoms with Crippen LogP contribution < -0.4 is 16.4 Å². The first kappa shape index (κ1) is 14.2. The van der Waals surface area contributed by atoms with Crippen molar-refractivity contribution in [2.75, 3.05) is 24.2 Å². The summed E-state index contributed by atoms with van der Waals surface area (Å²) in [5.74, 6) is -0.537. The molecule has 0 spiro atoms. The van der Waals surface area contributed by atoms with Crippen LogP contribution in [0.2, 0.25) is 0 Å². The quantitative estimate of drug-likeness (QED) is 0.535. The number of rotatable bonds is 6. The fourth-order valence-corrected chi connectivity index (χ4v) is 1.79. The Labute approximate surface area is 117 Å². The lowest BCUT2D eigenvalue weighted by Gasteiger charge is -2.12. The summed E-state index contributed by atoms with van der Waals surface area (Å²) in [5, 5.41) is 5.81. The molecule has 1 aromatic rings. The summed E-state index contributed by atoms with van der Waals surface area (Å²) in [7, 11) is 0. The second kappa shape index (κ2) is 6.27. The van der Waals surface area contributed by atoms with E-state index in [1.54, 1.807) is 25.1 Å². The van der Waals surface area contributed by atoms with Gasteiger partial charge in [0.25, 0.3) is 0 Å². The van der Waals surface area contributed by atoms with Gasteiger partial charge in [0.15, 0.2) is 0 Å². The minimum atomic E-state index is -0.462. The van der Waals surface area contributed by atoms with Crippen molar-refractivity contribution in [2.24, 2.45) is 0 Å². The van der Waals surface area contributed by atoms with Crippen LogP contribution in [0.5, 0.6) is 0 Å². The Hall–Kier alpha value is -2.24. The second-order valence-corrected chi connectivity index (χ2v) is 4.68. The Bertz CT molecular complexity index is 512. The molecule has 0 atom stereocenters. The Morgan fingerprint density at radius 2 is 2.15 bits per heavy atom. The zero-order valence-corrected chi connectivity index (χ0v) is 11.4. The monoisotopic (exact) mass is 277 g/mol. The SMILES string of the molecule is CCOC(=O)c1cccc(NCC(=O)NC2CC2)c1N. The molecule has 20 heavy (non-hydrogen) atoms. The van der Waals surface area contributed by atoms with E-state index >= 15 is 0 Å². The summed E-state index contributed by atoms with van der Waals surface area (Å²) in [5.41, 5.74) is 7.08. The molecule has 0 bridgehead atoms. The minimum absolute atomic E-state index is 0.0755. The number of hydrogen-bond acceptors (Lipinski definition) is 5. The van der Waals surface area contributed by atoms with E-state index in [2.05, 4.69) is 10.6 Å². The number of carbonyl (C=O) groups is 2. The molecule has 2 rings (SSSR count). The van der Waals surface area contributed by atoms with Crippen LogP contribution in [0, 0.1) is 0 Å². The molecule has 0 unspecified atom stereocenters. The van der Waals surface area contributed by atoms with E-state index in [1.165, 1.54) is 0 Å². The lowest BCUT2D eigenvalue weighted by molar-refractivity contribution is -0.119. The number of carbonyl (C=O) groups excluding carboxylic acids is 2. The van der Waals surface area contributed by atoms with Crippen LogP contribution in [0.4, 0.5) is 11.4 Å². The van der Waals surface area contributed by atoms with E-state index in [0.29, 0.717) is 29.6 Å². The zero-order chi connectivity index (χ0) is 14.5. The molecule has 6 nitrogen and oxygen atoms in total. The molecule has 1 amide bonds. The van der Waals surface area contributed by atoms with Crippen molar-refractivity contribution in [3.05, 3.63) is 23.8 Å². The van der Waals surface area contributed by atoms with E-state index in [9.17, 15) is 9.59 Å². The van der Waals surface area contributed by atoms with Crippen molar-refractivity contribution in [3.8, 4) is 0 Å². The summed E-state index contributed by atoms with van der Waals surface area (Å²) in [6, 6.07) is 5.35. The van der Waals surface area contributed by atoms with Gasteiger partial charge in [0.05, 0.1) is 30.1 Å². The minimum Gasteiger partial charge on any atom is -0.462 e. The van der Waals surface area contributed by atoms with E-state index in [4.69, 9.17) is 10.5 Å². The highest BCUT2D eigenvalue weighted by Gasteiger charge is 2.23. The summed E-state index contributed by atoms with van der Waals surface area (Å²) >= 11 is 0. The van der Waals surface area contributed by atoms with Gasteiger partial charge < -0.3 is 21.1 Å². The van der Waals surface area contributed by atoms with Crippen LogP contribution in [-0.4, -0.2) is 31.1 Å². The number of anilines is 2. The van der Waals surface area contributed by atoms with Crippen LogP contribution >= 0.6 is 0 Å². The molecule has 0 radical (unpaired) electrons. The van der Waals surface area contributed by atoms with Gasteiger partial charge in [-0.25, -0.2) is 4.79 Å². The van der Waals surface area contributed by atoms with Crippen molar-refractivity contribution in [2.45, 2.75) is 25.8 Å². The maximum Gasteiger partial charge on any atom is 0.340 e. The van der Waals surface area contributed by atoms with Gasteiger partial charge in [-0.2, -0.15) is 0 Å². The van der Waals surface area contributed by atoms with Gasteiger partial charge in [-0.1, -0.05) is 6.07 Å². The Morgan fingerprint density at radius 1 is 1.40 bits per heavy atom. The van der Waals surface area contributed by atoms with Gasteiger partial charge in [0.2, 0.25) is 5.91 Å². The molecule has 4 N–H and O–H groups in total. The highest BCUT2D eigenvalue weighted by atomic mass is 16.5. The van der Waals surface area contributed by atoms with Crippen molar-refractivity contribution in [3.63, 3.8) is 0 Å². The van der Waals surface area contributed by atoms with Gasteiger partial charge in [-0.3, -0.25) is 4.79 Å². The molecule has 1 aromatic carbocycles. The average molecular weight is 277 g/mol. The van der Waals surface area contributed by atoms with Gasteiger partial charge in [0, 0.05) is 6.04 Å². The third kappa shape index (κ3) is 3.63. The molecule has 108 valence electrons. The molecule has 6 heteroatoms. The number of nitrogens with two attached hydrogens (primary N) is 1. The van der Waals surface area contributed by atoms with E-state index in [1.807, 2.05) is 0 Å². The van der Waals surface area contributed by atoms with E-state index in [0.717, 1.165) is 12.8 Å². The Kier molecular flexibility index (Phi) is 4.45. The van der Waals surface area contributed by atoms with Gasteiger partial charge in [-0.15, -0.1) is 0 Å². The molecule has 0 aliphatic heterocycles. The number of ether oxygens (including phenoxy) is 1. The number of esters is 1. The van der Waals surface area contributed by atoms with E-state index < -0.39 is 5.97 Å². The summed E-state index contributed by atoms with van der Waals surface area (Å²) in [6.07, 6.45) is 2.10. The maximum absolute atomic E-state index is 11.7. The number of nitrogen functional groups attached to an aromatic ring is 1. The number of nitrogens with one attached hydrogen (secondary N) is 2. The van der Waals surface area contributed by atoms with Crippen molar-refractivity contribution >= 4 is 23.3 Å². The van der Waals surface area contributed by atoms with Crippen LogP contribution in [0.1, 0.15) is 30.1 Å². The average Bonchev–Trinajstić information content (AvgIpc) is 3.21. The Morgan fingerprint density at radius 3 is 2.80 bits per heavy atom. The Balaban J connectivity index is 1.98. The molecule has 1 saturated carbocycles. The normalized spacial score (nSPS) is 13.7. The highest BCUT2D eigenvalue weighted by Crippen LogP contribution is 2.23. The van der Waals surface area contributed by atoms with Crippen LogP contribution in [-0.2, 0) is 9.53 Å². The maximum atomic E-state index is 11.7. The largest absolute Gasteiger partial charge is 0.462 e. The molecule has 0 heterocycles. The number of benzene rings is 1. The van der Waals surface area contributed by atoms with Crippen LogP contribution in [0.25, 0.3) is 0 Å². The number of para-hydroxylation sites is 1. The molecule has 1 fully saturated rings. The third-order valence-electron chi connectivity index (χ3n) is 2.98. The molecular formula is C14H19N3O3. The number of hydrogen-bond donors (Lipinski definition) is 3. The lowest BCUT2D eigenvalue weighted by atomic mass is 10.1. The fourth-order valence-electron chi connectivity index (χ4n) is 1.79. The third-order valence-corrected chi connectivity index (χ3v) is 2.98. The van der Waals surface area contributed by atoms with Gasteiger partial charge in [-0.05, 0) is 31.9 Å². The summed E-state index contributed by atoms with van der Waals surface area (Å²) in [6.45, 7) is 2.16. The first-order valence-corrected chi connectivity index (χ1v) is 6.70. The fraction of sp³-hybridized carbons (Fsp3) is 0.429. The molecular weight excluding hydrogens is 258 g/mol. The zero-order valence-electron chi connectivity index (χ0n) is 11.4. The topological polar surface area (TPSA) is 93.4 Å². The standard InChI is InChI=1S/C14H19N3O3/c1-2-20-14(19)10-4-3-5-11(13(10)15)16-8-12(18)17-9-6-7-9/h3-5,9,16H,2,6-8,15H2,1H3,(H,17,18). The molecule has 0 aromatic heterocycles. The van der Waals surface area contributed by atoms with Crippen molar-refractivity contribution in [1.29, 1.82) is 0 Å². The predicted octanol–water partition coefficient (Wildman–Crippen LogP) is 1.14. The molecule has 1 aliphatic carbocycles. The van der Waals surface area contributed by atoms with Crippen LogP contribution in [0.3, 0.4) is 0 Å². The second-order valence-electron chi connectivity index (χ2n) is 4.68. The van der Waals surface area contributed by atoms with Crippen LogP contribution in [0.15, 0.2) is 18.2 Å². The van der Waals surface area contributed by atoms with Crippen molar-refractivity contribution in [1.82, 2.24) is 5.32 Å². The molecule has 0 saturated heterocycles. The smallest absolute Gasteiger partial charge is 0.340 e. The van der Waals surface area contributed by atoms with Crippen molar-refractivity contribution < 1.29 is 14.3 Å². The highest BCUT2D eigenvalue weighted by molar-refractivity contribution is 5.98. The first-order chi connectivity index (χ1) is 9.61. The first-order valence-electron chi connectivity index (χ1n) is 6.70. The lowest BCUT2D eigenvalue weighted by Crippen LogP contribution is -2.31. The summed E-state index contributed by atoms with van der Waals surface area (Å²) in [4.78, 5) is 23.3. The van der Waals surface area contributed by atoms with Gasteiger partial charge >= 0.3 is 5.97 Å². The predicted molar refractivity (Wildman–Crippen MR) is 76.5 cm³/mol.